The summed E-state index contributed by atoms with van der Waals surface area (Å²) in [6, 6.07) is 15.6. The molecule has 4 rings (SSSR count). The standard InChI is InChI=1S/C26H26BrNO4/c1-4-32-26(30)23-15(2)28-20-13-16(17-9-6-8-12-22(17)31-3)14-21(29)25(20)24(23)18-10-5-7-11-19(18)27/h5-12,16,24,28H,4,13-14H2,1-3H3. The SMILES string of the molecule is CCOC(=O)C1=C(C)NC2=C(C(=O)CC(c3ccccc3OC)C2)C1c1ccccc1Br. The van der Waals surface area contributed by atoms with Crippen molar-refractivity contribution in [2.45, 2.75) is 38.5 Å². The van der Waals surface area contributed by atoms with E-state index in [4.69, 9.17) is 9.47 Å². The number of para-hydroxylation sites is 1. The molecule has 2 unspecified atom stereocenters. The highest BCUT2D eigenvalue weighted by Crippen LogP contribution is 2.48. The summed E-state index contributed by atoms with van der Waals surface area (Å²) in [5.41, 5.74) is 4.62. The average Bonchev–Trinajstić information content (AvgIpc) is 2.78. The van der Waals surface area contributed by atoms with E-state index >= 15 is 0 Å². The van der Waals surface area contributed by atoms with Gasteiger partial charge in [0, 0.05) is 39.7 Å². The van der Waals surface area contributed by atoms with Crippen molar-refractivity contribution in [3.63, 3.8) is 0 Å². The monoisotopic (exact) mass is 495 g/mol. The van der Waals surface area contributed by atoms with E-state index in [1.807, 2.05) is 55.5 Å². The second-order valence-electron chi connectivity index (χ2n) is 8.00. The largest absolute Gasteiger partial charge is 0.496 e. The zero-order valence-electron chi connectivity index (χ0n) is 18.4. The van der Waals surface area contributed by atoms with Gasteiger partial charge in [0.05, 0.1) is 19.3 Å². The fourth-order valence-corrected chi connectivity index (χ4v) is 5.28. The fraction of sp³-hybridized carbons (Fsp3) is 0.308. The van der Waals surface area contributed by atoms with Crippen LogP contribution >= 0.6 is 15.9 Å². The first-order chi connectivity index (χ1) is 15.5. The molecule has 0 bridgehead atoms. The molecule has 1 aliphatic carbocycles. The van der Waals surface area contributed by atoms with Crippen LogP contribution in [0.2, 0.25) is 0 Å². The van der Waals surface area contributed by atoms with Crippen molar-refractivity contribution >= 4 is 27.7 Å². The van der Waals surface area contributed by atoms with Gasteiger partial charge in [-0.1, -0.05) is 52.3 Å². The molecular formula is C26H26BrNO4. The summed E-state index contributed by atoms with van der Waals surface area (Å²) in [5, 5.41) is 3.38. The van der Waals surface area contributed by atoms with Crippen molar-refractivity contribution in [1.29, 1.82) is 0 Å². The molecule has 0 fully saturated rings. The van der Waals surface area contributed by atoms with Gasteiger partial charge in [-0.25, -0.2) is 4.79 Å². The van der Waals surface area contributed by atoms with E-state index in [0.29, 0.717) is 24.0 Å². The molecule has 0 saturated carbocycles. The topological polar surface area (TPSA) is 64.6 Å². The fourth-order valence-electron chi connectivity index (χ4n) is 4.76. The Morgan fingerprint density at radius 2 is 1.78 bits per heavy atom. The van der Waals surface area contributed by atoms with E-state index in [1.165, 1.54) is 0 Å². The number of rotatable bonds is 5. The molecule has 1 N–H and O–H groups in total. The van der Waals surface area contributed by atoms with Gasteiger partial charge in [-0.15, -0.1) is 0 Å². The van der Waals surface area contributed by atoms with E-state index in [-0.39, 0.29) is 18.3 Å². The zero-order chi connectivity index (χ0) is 22.8. The Hall–Kier alpha value is -2.86. The molecule has 6 heteroatoms. The highest BCUT2D eigenvalue weighted by Gasteiger charge is 2.42. The number of nitrogens with one attached hydrogen (secondary N) is 1. The molecule has 0 amide bonds. The van der Waals surface area contributed by atoms with Gasteiger partial charge in [0.1, 0.15) is 5.75 Å². The number of allylic oxidation sites excluding steroid dienone is 3. The first-order valence-corrected chi connectivity index (χ1v) is 11.5. The number of hydrogen-bond donors (Lipinski definition) is 1. The Balaban J connectivity index is 1.82. The van der Waals surface area contributed by atoms with Crippen molar-refractivity contribution in [1.82, 2.24) is 5.32 Å². The number of Topliss-reactive ketones (excluding diaryl/α,β-unsaturated/α-hetero) is 1. The Morgan fingerprint density at radius 3 is 2.47 bits per heavy atom. The van der Waals surface area contributed by atoms with E-state index in [2.05, 4.69) is 21.2 Å². The number of esters is 1. The second kappa shape index (κ2) is 9.33. The molecular weight excluding hydrogens is 470 g/mol. The van der Waals surface area contributed by atoms with Crippen LogP contribution in [0.15, 0.2) is 75.5 Å². The van der Waals surface area contributed by atoms with E-state index in [0.717, 1.165) is 32.7 Å². The first-order valence-electron chi connectivity index (χ1n) is 10.7. The summed E-state index contributed by atoms with van der Waals surface area (Å²) < 4.78 is 11.8. The van der Waals surface area contributed by atoms with Crippen LogP contribution in [-0.4, -0.2) is 25.5 Å². The minimum atomic E-state index is -0.480. The van der Waals surface area contributed by atoms with Crippen LogP contribution in [0.1, 0.15) is 49.7 Å². The molecule has 1 heterocycles. The van der Waals surface area contributed by atoms with Crippen molar-refractivity contribution in [3.05, 3.63) is 86.7 Å². The van der Waals surface area contributed by atoms with Crippen molar-refractivity contribution < 1.29 is 19.1 Å². The number of carbonyl (C=O) groups excluding carboxylic acids is 2. The second-order valence-corrected chi connectivity index (χ2v) is 8.86. The third kappa shape index (κ3) is 3.99. The lowest BCUT2D eigenvalue weighted by molar-refractivity contribution is -0.138. The molecule has 166 valence electrons. The first kappa shape index (κ1) is 22.3. The van der Waals surface area contributed by atoms with Crippen LogP contribution in [0, 0.1) is 0 Å². The van der Waals surface area contributed by atoms with Crippen LogP contribution in [0.3, 0.4) is 0 Å². The minimum Gasteiger partial charge on any atom is -0.496 e. The number of hydrogen-bond acceptors (Lipinski definition) is 5. The van der Waals surface area contributed by atoms with Gasteiger partial charge in [0.25, 0.3) is 0 Å². The Labute approximate surface area is 196 Å². The number of dihydropyridines is 1. The predicted molar refractivity (Wildman–Crippen MR) is 126 cm³/mol. The molecule has 5 nitrogen and oxygen atoms in total. The quantitative estimate of drug-likeness (QED) is 0.563. The summed E-state index contributed by atoms with van der Waals surface area (Å²) in [4.78, 5) is 26.6. The smallest absolute Gasteiger partial charge is 0.336 e. The van der Waals surface area contributed by atoms with Crippen LogP contribution in [0.25, 0.3) is 0 Å². The number of methoxy groups -OCH3 is 1. The summed E-state index contributed by atoms with van der Waals surface area (Å²) >= 11 is 3.63. The third-order valence-corrected chi connectivity index (χ3v) is 6.84. The highest BCUT2D eigenvalue weighted by atomic mass is 79.9. The number of benzene rings is 2. The number of carbonyl (C=O) groups is 2. The maximum absolute atomic E-state index is 13.6. The molecule has 2 aromatic carbocycles. The van der Waals surface area contributed by atoms with Crippen LogP contribution in [0.4, 0.5) is 0 Å². The lowest BCUT2D eigenvalue weighted by atomic mass is 9.71. The van der Waals surface area contributed by atoms with Gasteiger partial charge in [-0.05, 0) is 43.5 Å². The van der Waals surface area contributed by atoms with Crippen molar-refractivity contribution in [2.75, 3.05) is 13.7 Å². The van der Waals surface area contributed by atoms with Crippen LogP contribution in [-0.2, 0) is 14.3 Å². The molecule has 1 aliphatic heterocycles. The Kier molecular flexibility index (Phi) is 6.51. The molecule has 32 heavy (non-hydrogen) atoms. The highest BCUT2D eigenvalue weighted by molar-refractivity contribution is 9.10. The molecule has 0 radical (unpaired) electrons. The van der Waals surface area contributed by atoms with Gasteiger partial charge in [0.15, 0.2) is 5.78 Å². The van der Waals surface area contributed by atoms with Crippen LogP contribution in [0.5, 0.6) is 5.75 Å². The Morgan fingerprint density at radius 1 is 1.09 bits per heavy atom. The minimum absolute atomic E-state index is 0.00158. The average molecular weight is 496 g/mol. The van der Waals surface area contributed by atoms with Gasteiger partial charge in [-0.3, -0.25) is 4.79 Å². The van der Waals surface area contributed by atoms with Gasteiger partial charge >= 0.3 is 5.97 Å². The number of ether oxygens (including phenoxy) is 2. The summed E-state index contributed by atoms with van der Waals surface area (Å²) in [6.45, 7) is 3.93. The lowest BCUT2D eigenvalue weighted by Crippen LogP contribution is -2.36. The van der Waals surface area contributed by atoms with Crippen LogP contribution < -0.4 is 10.1 Å². The van der Waals surface area contributed by atoms with Gasteiger partial charge in [-0.2, -0.15) is 0 Å². The normalized spacial score (nSPS) is 20.6. The summed E-state index contributed by atoms with van der Waals surface area (Å²) in [5.74, 6) is -0.0603. The van der Waals surface area contributed by atoms with Gasteiger partial charge < -0.3 is 14.8 Å². The summed E-state index contributed by atoms with van der Waals surface area (Å²) in [6.07, 6.45) is 1.02. The number of ketones is 1. The van der Waals surface area contributed by atoms with E-state index in [9.17, 15) is 9.59 Å². The number of halogens is 1. The van der Waals surface area contributed by atoms with E-state index < -0.39 is 11.9 Å². The molecule has 0 saturated heterocycles. The predicted octanol–water partition coefficient (Wildman–Crippen LogP) is 5.38. The third-order valence-electron chi connectivity index (χ3n) is 6.12. The maximum Gasteiger partial charge on any atom is 0.336 e. The van der Waals surface area contributed by atoms with Crippen molar-refractivity contribution in [2.24, 2.45) is 0 Å². The molecule has 2 aromatic rings. The van der Waals surface area contributed by atoms with Gasteiger partial charge in [0.2, 0.25) is 0 Å². The van der Waals surface area contributed by atoms with Crippen molar-refractivity contribution in [3.8, 4) is 5.75 Å². The molecule has 2 atom stereocenters. The van der Waals surface area contributed by atoms with E-state index in [1.54, 1.807) is 14.0 Å². The summed E-state index contributed by atoms with van der Waals surface area (Å²) in [7, 11) is 1.65. The molecule has 2 aliphatic rings. The molecule has 0 aromatic heterocycles. The zero-order valence-corrected chi connectivity index (χ0v) is 20.0. The molecule has 0 spiro atoms. The lowest BCUT2D eigenvalue weighted by Gasteiger charge is -2.37. The Bertz CT molecular complexity index is 1130. The maximum atomic E-state index is 13.6.